The predicted octanol–water partition coefficient (Wildman–Crippen LogP) is 2.49. The van der Waals surface area contributed by atoms with Crippen molar-refractivity contribution in [1.82, 2.24) is 9.78 Å². The van der Waals surface area contributed by atoms with Gasteiger partial charge in [-0.3, -0.25) is 4.68 Å². The van der Waals surface area contributed by atoms with Crippen molar-refractivity contribution in [3.8, 4) is 0 Å². The van der Waals surface area contributed by atoms with E-state index in [0.29, 0.717) is 23.6 Å². The molecule has 0 spiro atoms. The summed E-state index contributed by atoms with van der Waals surface area (Å²) in [6.07, 6.45) is 3.64. The second-order valence-electron chi connectivity index (χ2n) is 5.49. The van der Waals surface area contributed by atoms with E-state index in [2.05, 4.69) is 5.10 Å². The molecule has 0 aliphatic heterocycles. The van der Waals surface area contributed by atoms with Gasteiger partial charge in [0.2, 0.25) is 0 Å². The maximum absolute atomic E-state index is 10.2. The van der Waals surface area contributed by atoms with Crippen molar-refractivity contribution in [3.63, 3.8) is 0 Å². The molecule has 4 nitrogen and oxygen atoms in total. The normalized spacial score (nSPS) is 24.3. The molecule has 19 heavy (non-hydrogen) atoms. The van der Waals surface area contributed by atoms with Crippen LogP contribution in [0.25, 0.3) is 0 Å². The van der Waals surface area contributed by atoms with E-state index >= 15 is 0 Å². The molecule has 2 rings (SSSR count). The van der Waals surface area contributed by atoms with Crippen LogP contribution in [0.1, 0.15) is 37.4 Å². The van der Waals surface area contributed by atoms with Gasteiger partial charge < -0.3 is 9.84 Å². The summed E-state index contributed by atoms with van der Waals surface area (Å²) in [5, 5.41) is 15.1. The third-order valence-electron chi connectivity index (χ3n) is 3.91. The Morgan fingerprint density at radius 3 is 2.74 bits per heavy atom. The number of aromatic nitrogens is 2. The molecule has 108 valence electrons. The molecule has 5 heteroatoms. The minimum Gasteiger partial charge on any atom is -0.393 e. The highest BCUT2D eigenvalue weighted by Crippen LogP contribution is 2.34. The first-order valence-electron chi connectivity index (χ1n) is 6.98. The first kappa shape index (κ1) is 14.8. The fourth-order valence-corrected chi connectivity index (χ4v) is 3.10. The molecule has 0 aromatic carbocycles. The first-order chi connectivity index (χ1) is 9.01. The molecule has 0 saturated heterocycles. The Hall–Kier alpha value is -0.580. The molecule has 1 aliphatic rings. The molecule has 1 aromatic rings. The lowest BCUT2D eigenvalue weighted by atomic mass is 9.78. The highest BCUT2D eigenvalue weighted by Gasteiger charge is 2.31. The fraction of sp³-hybridized carbons (Fsp3) is 0.786. The lowest BCUT2D eigenvalue weighted by Crippen LogP contribution is -2.34. The van der Waals surface area contributed by atoms with Crippen molar-refractivity contribution in [2.24, 2.45) is 13.0 Å². The Bertz CT molecular complexity index is 427. The smallest absolute Gasteiger partial charge is 0.130 e. The lowest BCUT2D eigenvalue weighted by molar-refractivity contribution is -0.0375. The van der Waals surface area contributed by atoms with Crippen LogP contribution >= 0.6 is 11.6 Å². The highest BCUT2D eigenvalue weighted by molar-refractivity contribution is 6.30. The molecule has 1 fully saturated rings. The second kappa shape index (κ2) is 6.25. The van der Waals surface area contributed by atoms with Crippen molar-refractivity contribution >= 4 is 11.6 Å². The Labute approximate surface area is 119 Å². The van der Waals surface area contributed by atoms with Crippen LogP contribution in [0.5, 0.6) is 0 Å². The Kier molecular flexibility index (Phi) is 4.87. The zero-order valence-electron chi connectivity index (χ0n) is 11.9. The second-order valence-corrected chi connectivity index (χ2v) is 5.84. The summed E-state index contributed by atoms with van der Waals surface area (Å²) in [6, 6.07) is 0. The number of hydrogen-bond acceptors (Lipinski definition) is 3. The molecule has 0 bridgehead atoms. The van der Waals surface area contributed by atoms with Gasteiger partial charge in [-0.1, -0.05) is 11.6 Å². The van der Waals surface area contributed by atoms with Crippen LogP contribution in [0.15, 0.2) is 0 Å². The zero-order valence-corrected chi connectivity index (χ0v) is 12.7. The van der Waals surface area contributed by atoms with E-state index in [1.165, 1.54) is 0 Å². The van der Waals surface area contributed by atoms with Gasteiger partial charge in [0.05, 0.1) is 17.9 Å². The van der Waals surface area contributed by atoms with Gasteiger partial charge in [0, 0.05) is 25.6 Å². The molecule has 1 aliphatic carbocycles. The van der Waals surface area contributed by atoms with Crippen LogP contribution in [-0.4, -0.2) is 33.7 Å². The first-order valence-corrected chi connectivity index (χ1v) is 7.36. The largest absolute Gasteiger partial charge is 0.393 e. The van der Waals surface area contributed by atoms with Crippen LogP contribution < -0.4 is 0 Å². The molecule has 1 saturated carbocycles. The highest BCUT2D eigenvalue weighted by atomic mass is 35.5. The van der Waals surface area contributed by atoms with Gasteiger partial charge in [-0.25, -0.2) is 0 Å². The number of nitrogens with zero attached hydrogens (tertiary/aromatic N) is 2. The number of aliphatic hydroxyl groups is 1. The fourth-order valence-electron chi connectivity index (χ4n) is 2.85. The van der Waals surface area contributed by atoms with Crippen molar-refractivity contribution in [2.75, 3.05) is 6.61 Å². The number of halogens is 1. The van der Waals surface area contributed by atoms with Gasteiger partial charge in [0.15, 0.2) is 0 Å². The van der Waals surface area contributed by atoms with Gasteiger partial charge in [0.25, 0.3) is 0 Å². The van der Waals surface area contributed by atoms with E-state index in [0.717, 1.165) is 37.1 Å². The maximum atomic E-state index is 10.2. The molecular formula is C14H23ClN2O2. The molecule has 1 heterocycles. The monoisotopic (exact) mass is 286 g/mol. The molecular weight excluding hydrogens is 264 g/mol. The van der Waals surface area contributed by atoms with Gasteiger partial charge in [-0.05, 0) is 39.0 Å². The number of ether oxygens (including phenoxy) is 1. The third kappa shape index (κ3) is 3.50. The van der Waals surface area contributed by atoms with E-state index in [1.54, 1.807) is 4.68 Å². The Morgan fingerprint density at radius 1 is 1.53 bits per heavy atom. The van der Waals surface area contributed by atoms with Crippen LogP contribution in [0.3, 0.4) is 0 Å². The molecule has 1 atom stereocenters. The summed E-state index contributed by atoms with van der Waals surface area (Å²) < 4.78 is 7.19. The summed E-state index contributed by atoms with van der Waals surface area (Å²) in [5.74, 6) is 0.585. The summed E-state index contributed by atoms with van der Waals surface area (Å²) in [6.45, 7) is 4.74. The van der Waals surface area contributed by atoms with Crippen molar-refractivity contribution in [3.05, 3.63) is 16.4 Å². The van der Waals surface area contributed by atoms with Gasteiger partial charge in [0.1, 0.15) is 5.15 Å². The third-order valence-corrected chi connectivity index (χ3v) is 4.38. The summed E-state index contributed by atoms with van der Waals surface area (Å²) in [5.41, 5.74) is 1.88. The van der Waals surface area contributed by atoms with Crippen molar-refractivity contribution in [2.45, 2.75) is 51.7 Å². The van der Waals surface area contributed by atoms with E-state index < -0.39 is 0 Å². The Morgan fingerprint density at radius 2 is 2.21 bits per heavy atom. The molecule has 0 radical (unpaired) electrons. The number of rotatable bonds is 6. The van der Waals surface area contributed by atoms with E-state index in [1.807, 2.05) is 20.9 Å². The average molecular weight is 287 g/mol. The minimum absolute atomic E-state index is 0.340. The maximum Gasteiger partial charge on any atom is 0.130 e. The SMILES string of the molecule is CCOC1CC(CC(O)Cc2c(C)nn(C)c2Cl)C1. The Balaban J connectivity index is 1.80. The quantitative estimate of drug-likeness (QED) is 0.874. The molecule has 0 amide bonds. The van der Waals surface area contributed by atoms with E-state index in [9.17, 15) is 5.11 Å². The van der Waals surface area contributed by atoms with Crippen molar-refractivity contribution in [1.29, 1.82) is 0 Å². The summed E-state index contributed by atoms with van der Waals surface area (Å²) in [4.78, 5) is 0. The lowest BCUT2D eigenvalue weighted by Gasteiger charge is -2.36. The number of hydrogen-bond donors (Lipinski definition) is 1. The average Bonchev–Trinajstić information content (AvgIpc) is 2.53. The van der Waals surface area contributed by atoms with Crippen LogP contribution in [0.4, 0.5) is 0 Å². The van der Waals surface area contributed by atoms with Gasteiger partial charge in [-0.2, -0.15) is 5.10 Å². The molecule has 1 aromatic heterocycles. The minimum atomic E-state index is -0.340. The zero-order chi connectivity index (χ0) is 14.0. The van der Waals surface area contributed by atoms with Crippen LogP contribution in [0, 0.1) is 12.8 Å². The van der Waals surface area contributed by atoms with Gasteiger partial charge in [-0.15, -0.1) is 0 Å². The predicted molar refractivity (Wildman–Crippen MR) is 75.4 cm³/mol. The topological polar surface area (TPSA) is 47.3 Å². The van der Waals surface area contributed by atoms with Crippen molar-refractivity contribution < 1.29 is 9.84 Å². The number of aliphatic hydroxyl groups excluding tert-OH is 1. The van der Waals surface area contributed by atoms with Crippen LogP contribution in [-0.2, 0) is 18.2 Å². The summed E-state index contributed by atoms with van der Waals surface area (Å²) in [7, 11) is 1.82. The van der Waals surface area contributed by atoms with Gasteiger partial charge >= 0.3 is 0 Å². The summed E-state index contributed by atoms with van der Waals surface area (Å²) >= 11 is 6.18. The van der Waals surface area contributed by atoms with E-state index in [4.69, 9.17) is 16.3 Å². The van der Waals surface area contributed by atoms with E-state index in [-0.39, 0.29) is 6.10 Å². The number of aryl methyl sites for hydroxylation is 2. The molecule has 1 unspecified atom stereocenters. The van der Waals surface area contributed by atoms with Crippen LogP contribution in [0.2, 0.25) is 5.15 Å². The standard InChI is InChI=1S/C14H23ClN2O2/c1-4-19-12-6-10(7-12)5-11(18)8-13-9(2)16-17(3)14(13)15/h10-12,18H,4-8H2,1-3H3. The molecule has 1 N–H and O–H groups in total.